The molecule has 2 rings (SSSR count). The highest BCUT2D eigenvalue weighted by Gasteiger charge is 2.23. The number of rotatable bonds is 6. The van der Waals surface area contributed by atoms with Crippen molar-refractivity contribution in [3.63, 3.8) is 0 Å². The van der Waals surface area contributed by atoms with E-state index in [1.54, 1.807) is 0 Å². The highest BCUT2D eigenvalue weighted by molar-refractivity contribution is 7.92. The predicted molar refractivity (Wildman–Crippen MR) is 102 cm³/mol. The van der Waals surface area contributed by atoms with Crippen LogP contribution in [0, 0.1) is 19.8 Å². The van der Waals surface area contributed by atoms with E-state index in [0.29, 0.717) is 31.0 Å². The molecular weight excluding hydrogens is 336 g/mol. The Morgan fingerprint density at radius 2 is 2.04 bits per heavy atom. The predicted octanol–water partition coefficient (Wildman–Crippen LogP) is 3.11. The van der Waals surface area contributed by atoms with Gasteiger partial charge in [-0.3, -0.25) is 9.10 Å². The Kier molecular flexibility index (Phi) is 6.49. The zero-order valence-electron chi connectivity index (χ0n) is 15.8. The average Bonchev–Trinajstić information content (AvgIpc) is 2.53. The summed E-state index contributed by atoms with van der Waals surface area (Å²) in [7, 11) is -3.38. The first-order chi connectivity index (χ1) is 11.7. The normalized spacial score (nSPS) is 18.2. The van der Waals surface area contributed by atoms with Gasteiger partial charge in [0.1, 0.15) is 0 Å². The number of anilines is 1. The molecule has 1 aliphatic rings. The van der Waals surface area contributed by atoms with Crippen LogP contribution in [-0.2, 0) is 14.8 Å². The van der Waals surface area contributed by atoms with Crippen LogP contribution in [0.25, 0.3) is 0 Å². The first-order valence-electron chi connectivity index (χ1n) is 9.02. The number of hydrogen-bond acceptors (Lipinski definition) is 3. The fraction of sp³-hybridized carbons (Fsp3) is 0.632. The molecule has 1 aromatic carbocycles. The molecule has 0 saturated carbocycles. The summed E-state index contributed by atoms with van der Waals surface area (Å²) < 4.78 is 25.9. The molecule has 6 heteroatoms. The Morgan fingerprint density at radius 1 is 1.32 bits per heavy atom. The number of benzene rings is 1. The number of sulfonamides is 1. The maximum absolute atomic E-state index is 12.4. The molecule has 0 bridgehead atoms. The van der Waals surface area contributed by atoms with Crippen LogP contribution in [0.3, 0.4) is 0 Å². The van der Waals surface area contributed by atoms with Gasteiger partial charge in [-0.25, -0.2) is 8.42 Å². The first-order valence-corrected chi connectivity index (χ1v) is 10.9. The van der Waals surface area contributed by atoms with E-state index < -0.39 is 10.0 Å². The van der Waals surface area contributed by atoms with Crippen LogP contribution in [0.1, 0.15) is 43.7 Å². The number of aryl methyl sites for hydroxylation is 1. The molecule has 5 nitrogen and oxygen atoms in total. The summed E-state index contributed by atoms with van der Waals surface area (Å²) in [4.78, 5) is 14.3. The lowest BCUT2D eigenvalue weighted by atomic mass is 10.00. The lowest BCUT2D eigenvalue weighted by molar-refractivity contribution is -0.132. The van der Waals surface area contributed by atoms with E-state index in [9.17, 15) is 13.2 Å². The second-order valence-corrected chi connectivity index (χ2v) is 9.15. The lowest BCUT2D eigenvalue weighted by Crippen LogP contribution is -2.39. The summed E-state index contributed by atoms with van der Waals surface area (Å²) in [6.07, 6.45) is 4.39. The van der Waals surface area contributed by atoms with E-state index in [2.05, 4.69) is 6.92 Å². The molecule has 1 amide bonds. The molecule has 1 unspecified atom stereocenters. The fourth-order valence-corrected chi connectivity index (χ4v) is 4.43. The number of likely N-dealkylation sites (tertiary alicyclic amines) is 1. The van der Waals surface area contributed by atoms with Gasteiger partial charge >= 0.3 is 0 Å². The summed E-state index contributed by atoms with van der Waals surface area (Å²) in [5, 5.41) is 0. The zero-order valence-corrected chi connectivity index (χ0v) is 16.6. The van der Waals surface area contributed by atoms with E-state index in [0.717, 1.165) is 30.6 Å². The molecule has 0 N–H and O–H groups in total. The molecule has 1 atom stereocenters. The van der Waals surface area contributed by atoms with E-state index in [-0.39, 0.29) is 5.91 Å². The third kappa shape index (κ3) is 5.21. The molecule has 0 radical (unpaired) electrons. The van der Waals surface area contributed by atoms with Gasteiger partial charge < -0.3 is 4.90 Å². The second-order valence-electron chi connectivity index (χ2n) is 7.24. The lowest BCUT2D eigenvalue weighted by Gasteiger charge is -2.31. The third-order valence-electron chi connectivity index (χ3n) is 5.01. The Hall–Kier alpha value is -1.56. The quantitative estimate of drug-likeness (QED) is 0.777. The van der Waals surface area contributed by atoms with Gasteiger partial charge in [0.15, 0.2) is 0 Å². The van der Waals surface area contributed by atoms with Crippen molar-refractivity contribution in [2.45, 2.75) is 46.5 Å². The Labute approximate surface area is 152 Å². The number of nitrogens with zero attached hydrogens (tertiary/aromatic N) is 2. The van der Waals surface area contributed by atoms with Crippen LogP contribution in [0.15, 0.2) is 18.2 Å². The van der Waals surface area contributed by atoms with Gasteiger partial charge in [0.2, 0.25) is 15.9 Å². The minimum atomic E-state index is -3.38. The van der Waals surface area contributed by atoms with Gasteiger partial charge in [0.05, 0.1) is 11.9 Å². The smallest absolute Gasteiger partial charge is 0.232 e. The summed E-state index contributed by atoms with van der Waals surface area (Å²) in [6, 6.07) is 5.67. The van der Waals surface area contributed by atoms with Crippen molar-refractivity contribution in [3.8, 4) is 0 Å². The van der Waals surface area contributed by atoms with Crippen molar-refractivity contribution in [1.82, 2.24) is 4.90 Å². The summed E-state index contributed by atoms with van der Waals surface area (Å²) in [5.41, 5.74) is 2.73. The minimum Gasteiger partial charge on any atom is -0.342 e. The van der Waals surface area contributed by atoms with Gasteiger partial charge in [-0.1, -0.05) is 19.1 Å². The third-order valence-corrected chi connectivity index (χ3v) is 6.19. The van der Waals surface area contributed by atoms with Crippen molar-refractivity contribution in [2.24, 2.45) is 5.92 Å². The van der Waals surface area contributed by atoms with E-state index in [1.165, 1.54) is 17.0 Å². The number of carbonyl (C=O) groups is 1. The van der Waals surface area contributed by atoms with Crippen LogP contribution in [0.5, 0.6) is 0 Å². The number of carbonyl (C=O) groups excluding carboxylic acids is 1. The maximum Gasteiger partial charge on any atom is 0.232 e. The summed E-state index contributed by atoms with van der Waals surface area (Å²) in [5.74, 6) is 0.695. The Bertz CT molecular complexity index is 715. The van der Waals surface area contributed by atoms with Gasteiger partial charge in [0.25, 0.3) is 0 Å². The molecule has 0 aromatic heterocycles. The molecule has 140 valence electrons. The molecule has 1 fully saturated rings. The number of hydrogen-bond donors (Lipinski definition) is 0. The van der Waals surface area contributed by atoms with Crippen LogP contribution in [0.2, 0.25) is 0 Å². The van der Waals surface area contributed by atoms with Gasteiger partial charge in [-0.05, 0) is 56.2 Å². The molecule has 1 heterocycles. The number of amides is 1. The maximum atomic E-state index is 12.4. The summed E-state index contributed by atoms with van der Waals surface area (Å²) >= 11 is 0. The van der Waals surface area contributed by atoms with Crippen LogP contribution in [0.4, 0.5) is 5.69 Å². The zero-order chi connectivity index (χ0) is 18.6. The SMILES string of the molecule is Cc1cccc(N(CCCC(=O)N2CCCC(C)C2)S(C)(=O)=O)c1C. The van der Waals surface area contributed by atoms with Crippen LogP contribution >= 0.6 is 0 Å². The Balaban J connectivity index is 2.02. The topological polar surface area (TPSA) is 57.7 Å². The van der Waals surface area contributed by atoms with Crippen LogP contribution < -0.4 is 4.31 Å². The second kappa shape index (κ2) is 8.21. The average molecular weight is 367 g/mol. The fourth-order valence-electron chi connectivity index (χ4n) is 3.42. The summed E-state index contributed by atoms with van der Waals surface area (Å²) in [6.45, 7) is 8.06. The molecule has 1 aliphatic heterocycles. The van der Waals surface area contributed by atoms with Crippen molar-refractivity contribution < 1.29 is 13.2 Å². The van der Waals surface area contributed by atoms with E-state index in [1.807, 2.05) is 36.9 Å². The minimum absolute atomic E-state index is 0.140. The van der Waals surface area contributed by atoms with Crippen molar-refractivity contribution >= 4 is 21.6 Å². The molecule has 1 aromatic rings. The first kappa shape index (κ1) is 19.8. The molecule has 0 aliphatic carbocycles. The highest BCUT2D eigenvalue weighted by atomic mass is 32.2. The largest absolute Gasteiger partial charge is 0.342 e. The van der Waals surface area contributed by atoms with Gasteiger partial charge in [-0.15, -0.1) is 0 Å². The van der Waals surface area contributed by atoms with E-state index in [4.69, 9.17) is 0 Å². The Morgan fingerprint density at radius 3 is 2.68 bits per heavy atom. The standard InChI is InChI=1S/C19H30N2O3S/c1-15-8-6-12-20(14-15)19(22)11-7-13-21(25(4,23)24)18-10-5-9-16(2)17(18)3/h5,9-10,15H,6-8,11-14H2,1-4H3. The van der Waals surface area contributed by atoms with Gasteiger partial charge in [-0.2, -0.15) is 0 Å². The number of piperidine rings is 1. The van der Waals surface area contributed by atoms with Crippen molar-refractivity contribution in [1.29, 1.82) is 0 Å². The van der Waals surface area contributed by atoms with Crippen LogP contribution in [-0.4, -0.2) is 45.1 Å². The van der Waals surface area contributed by atoms with Gasteiger partial charge in [0, 0.05) is 26.1 Å². The monoisotopic (exact) mass is 366 g/mol. The van der Waals surface area contributed by atoms with E-state index >= 15 is 0 Å². The molecule has 0 spiro atoms. The highest BCUT2D eigenvalue weighted by Crippen LogP contribution is 2.25. The van der Waals surface area contributed by atoms with Crippen molar-refractivity contribution in [2.75, 3.05) is 30.2 Å². The van der Waals surface area contributed by atoms with Crippen molar-refractivity contribution in [3.05, 3.63) is 29.3 Å². The molecule has 1 saturated heterocycles. The molecule has 25 heavy (non-hydrogen) atoms. The molecular formula is C19H30N2O3S.